The summed E-state index contributed by atoms with van der Waals surface area (Å²) in [6.45, 7) is 3.04. The maximum Gasteiger partial charge on any atom is 0.246 e. The second-order valence-electron chi connectivity index (χ2n) is 5.58. The van der Waals surface area contributed by atoms with Crippen molar-refractivity contribution in [3.05, 3.63) is 29.3 Å². The van der Waals surface area contributed by atoms with Crippen molar-refractivity contribution < 1.29 is 4.79 Å². The number of carbonyl (C=O) groups is 1. The van der Waals surface area contributed by atoms with Gasteiger partial charge in [0.25, 0.3) is 0 Å². The van der Waals surface area contributed by atoms with Crippen LogP contribution in [0.25, 0.3) is 11.4 Å². The molecule has 1 unspecified atom stereocenters. The largest absolute Gasteiger partial charge is 0.338 e. The van der Waals surface area contributed by atoms with Crippen molar-refractivity contribution in [1.82, 2.24) is 25.1 Å². The van der Waals surface area contributed by atoms with Gasteiger partial charge in [0.05, 0.1) is 0 Å². The van der Waals surface area contributed by atoms with Crippen molar-refractivity contribution in [3.8, 4) is 11.4 Å². The van der Waals surface area contributed by atoms with Crippen LogP contribution in [0.2, 0.25) is 5.02 Å². The number of halogens is 1. The monoisotopic (exact) mass is 319 g/mol. The summed E-state index contributed by atoms with van der Waals surface area (Å²) < 4.78 is 0. The molecule has 1 saturated heterocycles. The molecule has 1 aliphatic heterocycles. The van der Waals surface area contributed by atoms with Gasteiger partial charge in [-0.05, 0) is 55.7 Å². The molecule has 7 heteroatoms. The predicted molar refractivity (Wildman–Crippen MR) is 83.3 cm³/mol. The lowest BCUT2D eigenvalue weighted by molar-refractivity contribution is -0.135. The van der Waals surface area contributed by atoms with Gasteiger partial charge in [0.2, 0.25) is 11.7 Å². The van der Waals surface area contributed by atoms with Crippen LogP contribution in [0.15, 0.2) is 24.3 Å². The maximum atomic E-state index is 12.3. The number of piperidine rings is 1. The van der Waals surface area contributed by atoms with Crippen LogP contribution in [-0.2, 0) is 11.3 Å². The highest BCUT2D eigenvalue weighted by Gasteiger charge is 2.23. The second kappa shape index (κ2) is 6.44. The molecule has 0 bridgehead atoms. The fourth-order valence-corrected chi connectivity index (χ4v) is 2.83. The zero-order valence-corrected chi connectivity index (χ0v) is 13.2. The molecule has 0 aliphatic carbocycles. The van der Waals surface area contributed by atoms with E-state index in [2.05, 4.69) is 22.3 Å². The Morgan fingerprint density at radius 2 is 2.09 bits per heavy atom. The highest BCUT2D eigenvalue weighted by Crippen LogP contribution is 2.18. The standard InChI is InChI=1S/C15H18ClN5O/c1-11-4-2-3-9-20(11)14(22)10-21-18-15(17-19-21)12-5-7-13(16)8-6-12/h5-8,11H,2-4,9-10H2,1H3. The van der Waals surface area contributed by atoms with Crippen LogP contribution in [0.1, 0.15) is 26.2 Å². The topological polar surface area (TPSA) is 63.9 Å². The zero-order chi connectivity index (χ0) is 15.5. The van der Waals surface area contributed by atoms with Gasteiger partial charge in [-0.15, -0.1) is 10.2 Å². The zero-order valence-electron chi connectivity index (χ0n) is 12.4. The van der Waals surface area contributed by atoms with E-state index in [0.29, 0.717) is 16.9 Å². The first-order valence-corrected chi connectivity index (χ1v) is 7.84. The van der Waals surface area contributed by atoms with Crippen LogP contribution in [0.3, 0.4) is 0 Å². The predicted octanol–water partition coefficient (Wildman–Crippen LogP) is 2.39. The third-order valence-electron chi connectivity index (χ3n) is 3.96. The fourth-order valence-electron chi connectivity index (χ4n) is 2.71. The third kappa shape index (κ3) is 3.27. The number of hydrogen-bond donors (Lipinski definition) is 0. The van der Waals surface area contributed by atoms with E-state index >= 15 is 0 Å². The molecule has 1 aliphatic rings. The van der Waals surface area contributed by atoms with Crippen molar-refractivity contribution >= 4 is 17.5 Å². The molecule has 1 fully saturated rings. The lowest BCUT2D eigenvalue weighted by Gasteiger charge is -2.33. The summed E-state index contributed by atoms with van der Waals surface area (Å²) in [4.78, 5) is 15.6. The van der Waals surface area contributed by atoms with Gasteiger partial charge in [-0.2, -0.15) is 4.80 Å². The van der Waals surface area contributed by atoms with E-state index in [-0.39, 0.29) is 12.5 Å². The Balaban J connectivity index is 1.68. The molecule has 2 heterocycles. The first kappa shape index (κ1) is 15.0. The summed E-state index contributed by atoms with van der Waals surface area (Å²) in [7, 11) is 0. The van der Waals surface area contributed by atoms with Crippen molar-refractivity contribution in [3.63, 3.8) is 0 Å². The number of tetrazole rings is 1. The minimum Gasteiger partial charge on any atom is -0.338 e. The number of nitrogens with zero attached hydrogens (tertiary/aromatic N) is 5. The van der Waals surface area contributed by atoms with Crippen molar-refractivity contribution in [2.75, 3.05) is 6.54 Å². The Morgan fingerprint density at radius 1 is 1.32 bits per heavy atom. The normalized spacial score (nSPS) is 18.5. The molecule has 22 heavy (non-hydrogen) atoms. The SMILES string of the molecule is CC1CCCCN1C(=O)Cn1nnc(-c2ccc(Cl)cc2)n1. The summed E-state index contributed by atoms with van der Waals surface area (Å²) in [5.74, 6) is 0.545. The maximum absolute atomic E-state index is 12.3. The van der Waals surface area contributed by atoms with E-state index in [1.807, 2.05) is 17.0 Å². The van der Waals surface area contributed by atoms with Crippen LogP contribution in [0.4, 0.5) is 0 Å². The molecule has 1 aromatic heterocycles. The summed E-state index contributed by atoms with van der Waals surface area (Å²) in [6.07, 6.45) is 3.32. The van der Waals surface area contributed by atoms with Crippen LogP contribution < -0.4 is 0 Å². The number of hydrogen-bond acceptors (Lipinski definition) is 4. The molecule has 0 spiro atoms. The third-order valence-corrected chi connectivity index (χ3v) is 4.21. The first-order chi connectivity index (χ1) is 10.6. The lowest BCUT2D eigenvalue weighted by atomic mass is 10.0. The van der Waals surface area contributed by atoms with Gasteiger partial charge in [0.15, 0.2) is 0 Å². The molecule has 3 rings (SSSR count). The fraction of sp³-hybridized carbons (Fsp3) is 0.467. The summed E-state index contributed by atoms with van der Waals surface area (Å²) >= 11 is 5.86. The molecular formula is C15H18ClN5O. The van der Waals surface area contributed by atoms with Gasteiger partial charge in [0.1, 0.15) is 6.54 Å². The average Bonchev–Trinajstić information content (AvgIpc) is 2.97. The van der Waals surface area contributed by atoms with Gasteiger partial charge in [-0.1, -0.05) is 11.6 Å². The lowest BCUT2D eigenvalue weighted by Crippen LogP contribution is -2.43. The Bertz CT molecular complexity index is 654. The summed E-state index contributed by atoms with van der Waals surface area (Å²) in [5, 5.41) is 12.9. The molecule has 1 amide bonds. The van der Waals surface area contributed by atoms with Gasteiger partial charge < -0.3 is 4.90 Å². The Labute approximate surface area is 134 Å². The van der Waals surface area contributed by atoms with Crippen LogP contribution >= 0.6 is 11.6 Å². The molecule has 1 aromatic carbocycles. The molecule has 116 valence electrons. The summed E-state index contributed by atoms with van der Waals surface area (Å²) in [5.41, 5.74) is 0.828. The molecule has 1 atom stereocenters. The van der Waals surface area contributed by atoms with Gasteiger partial charge in [0, 0.05) is 23.2 Å². The Hall–Kier alpha value is -1.95. The molecule has 0 saturated carbocycles. The number of amides is 1. The first-order valence-electron chi connectivity index (χ1n) is 7.47. The van der Waals surface area contributed by atoms with Gasteiger partial charge in [-0.3, -0.25) is 4.79 Å². The number of rotatable bonds is 3. The molecule has 6 nitrogen and oxygen atoms in total. The van der Waals surface area contributed by atoms with E-state index in [9.17, 15) is 4.79 Å². The van der Waals surface area contributed by atoms with E-state index in [1.165, 1.54) is 11.2 Å². The summed E-state index contributed by atoms with van der Waals surface area (Å²) in [6, 6.07) is 7.51. The number of likely N-dealkylation sites (tertiary alicyclic amines) is 1. The molecule has 0 radical (unpaired) electrons. The number of carbonyl (C=O) groups excluding carboxylic acids is 1. The van der Waals surface area contributed by atoms with Crippen molar-refractivity contribution in [2.24, 2.45) is 0 Å². The Morgan fingerprint density at radius 3 is 2.82 bits per heavy atom. The van der Waals surface area contributed by atoms with E-state index < -0.39 is 0 Å². The number of aromatic nitrogens is 4. The minimum absolute atomic E-state index is 0.0484. The van der Waals surface area contributed by atoms with Crippen molar-refractivity contribution in [2.45, 2.75) is 38.8 Å². The quantitative estimate of drug-likeness (QED) is 0.871. The number of benzene rings is 1. The van der Waals surface area contributed by atoms with Gasteiger partial charge in [-0.25, -0.2) is 0 Å². The minimum atomic E-state index is 0.0484. The van der Waals surface area contributed by atoms with Crippen LogP contribution in [0, 0.1) is 0 Å². The van der Waals surface area contributed by atoms with Crippen LogP contribution in [-0.4, -0.2) is 43.6 Å². The van der Waals surface area contributed by atoms with Gasteiger partial charge >= 0.3 is 0 Å². The highest BCUT2D eigenvalue weighted by molar-refractivity contribution is 6.30. The van der Waals surface area contributed by atoms with E-state index in [4.69, 9.17) is 11.6 Å². The molecule has 0 N–H and O–H groups in total. The highest BCUT2D eigenvalue weighted by atomic mass is 35.5. The molecule has 2 aromatic rings. The van der Waals surface area contributed by atoms with Crippen LogP contribution in [0.5, 0.6) is 0 Å². The van der Waals surface area contributed by atoms with E-state index in [1.54, 1.807) is 12.1 Å². The second-order valence-corrected chi connectivity index (χ2v) is 6.02. The Kier molecular flexibility index (Phi) is 4.38. The van der Waals surface area contributed by atoms with Crippen molar-refractivity contribution in [1.29, 1.82) is 0 Å². The molecular weight excluding hydrogens is 302 g/mol. The van der Waals surface area contributed by atoms with E-state index in [0.717, 1.165) is 24.9 Å². The average molecular weight is 320 g/mol. The smallest absolute Gasteiger partial charge is 0.246 e.